The lowest BCUT2D eigenvalue weighted by molar-refractivity contribution is 0.0600. The number of hydrogen-bond donors (Lipinski definition) is 0. The minimum atomic E-state index is -1.17. The second-order valence-electron chi connectivity index (χ2n) is 5.82. The molecule has 0 amide bonds. The molecule has 0 unspecified atom stereocenters. The molecule has 0 bridgehead atoms. The summed E-state index contributed by atoms with van der Waals surface area (Å²) in [4.78, 5) is 14.2. The summed E-state index contributed by atoms with van der Waals surface area (Å²) in [6, 6.07) is 22.8. The summed E-state index contributed by atoms with van der Waals surface area (Å²) in [6.07, 6.45) is 4.59. The van der Waals surface area contributed by atoms with Crippen molar-refractivity contribution in [2.45, 2.75) is 9.79 Å². The van der Waals surface area contributed by atoms with Crippen LogP contribution in [0.4, 0.5) is 0 Å². The lowest BCUT2D eigenvalue weighted by atomic mass is 10.1. The summed E-state index contributed by atoms with van der Waals surface area (Å²) in [6.45, 7) is 0. The third-order valence-corrected chi connectivity index (χ3v) is 7.07. The third-order valence-electron chi connectivity index (χ3n) is 4.16. The number of carbonyl (C=O) groups excluding carboxylic acids is 1. The summed E-state index contributed by atoms with van der Waals surface area (Å²) in [5.74, 6) is -0.297. The largest absolute Gasteiger partial charge is 0.465 e. The van der Waals surface area contributed by atoms with Crippen LogP contribution < -0.4 is 0 Å². The van der Waals surface area contributed by atoms with Crippen LogP contribution >= 0.6 is 10.0 Å². The summed E-state index contributed by atoms with van der Waals surface area (Å²) < 4.78 is 4.77. The van der Waals surface area contributed by atoms with Gasteiger partial charge in [-0.3, -0.25) is 0 Å². The fourth-order valence-corrected chi connectivity index (χ4v) is 5.04. The van der Waals surface area contributed by atoms with Gasteiger partial charge in [-0.25, -0.2) is 4.79 Å². The fourth-order valence-electron chi connectivity index (χ4n) is 2.82. The maximum atomic E-state index is 11.6. The molecule has 0 spiro atoms. The van der Waals surface area contributed by atoms with E-state index in [1.807, 2.05) is 24.3 Å². The first-order valence-corrected chi connectivity index (χ1v) is 9.88. The molecule has 0 atom stereocenters. The molecule has 3 aromatic carbocycles. The number of rotatable bonds is 3. The van der Waals surface area contributed by atoms with Gasteiger partial charge >= 0.3 is 5.97 Å². The van der Waals surface area contributed by atoms with Gasteiger partial charge in [0.2, 0.25) is 0 Å². The molecule has 2 nitrogen and oxygen atoms in total. The van der Waals surface area contributed by atoms with Crippen LogP contribution in [0.25, 0.3) is 10.8 Å². The molecule has 3 rings (SSSR count). The summed E-state index contributed by atoms with van der Waals surface area (Å²) in [5, 5.41) is 2.56. The van der Waals surface area contributed by atoms with Gasteiger partial charge < -0.3 is 4.74 Å². The number of esters is 1. The Kier molecular flexibility index (Phi) is 4.14. The van der Waals surface area contributed by atoms with E-state index in [0.29, 0.717) is 5.56 Å². The van der Waals surface area contributed by atoms with E-state index in [4.69, 9.17) is 4.74 Å². The van der Waals surface area contributed by atoms with Gasteiger partial charge in [-0.1, -0.05) is 36.4 Å². The Balaban J connectivity index is 2.08. The van der Waals surface area contributed by atoms with Gasteiger partial charge in [-0.2, -0.15) is 10.0 Å². The van der Waals surface area contributed by atoms with Crippen molar-refractivity contribution >= 4 is 26.8 Å². The van der Waals surface area contributed by atoms with E-state index < -0.39 is 10.0 Å². The van der Waals surface area contributed by atoms with Gasteiger partial charge in [0.25, 0.3) is 0 Å². The molecule has 0 aromatic heterocycles. The number of methoxy groups -OCH3 is 1. The first kappa shape index (κ1) is 15.6. The summed E-state index contributed by atoms with van der Waals surface area (Å²) >= 11 is 0. The summed E-state index contributed by atoms with van der Waals surface area (Å²) in [5.41, 5.74) is 0.587. The predicted octanol–water partition coefficient (Wildman–Crippen LogP) is 5.11. The van der Waals surface area contributed by atoms with Gasteiger partial charge in [0.15, 0.2) is 0 Å². The Morgan fingerprint density at radius 1 is 0.870 bits per heavy atom. The van der Waals surface area contributed by atoms with Crippen molar-refractivity contribution in [3.63, 3.8) is 0 Å². The topological polar surface area (TPSA) is 26.3 Å². The van der Waals surface area contributed by atoms with Gasteiger partial charge in [-0.05, 0) is 58.5 Å². The van der Waals surface area contributed by atoms with Crippen molar-refractivity contribution in [2.24, 2.45) is 0 Å². The van der Waals surface area contributed by atoms with E-state index in [-0.39, 0.29) is 5.97 Å². The van der Waals surface area contributed by atoms with E-state index in [9.17, 15) is 4.79 Å². The second-order valence-corrected chi connectivity index (χ2v) is 9.38. The minimum absolute atomic E-state index is 0.297. The zero-order valence-electron chi connectivity index (χ0n) is 13.6. The minimum Gasteiger partial charge on any atom is -0.465 e. The van der Waals surface area contributed by atoms with E-state index in [0.717, 1.165) is 0 Å². The highest BCUT2D eigenvalue weighted by Gasteiger charge is 2.20. The number of hydrogen-bond acceptors (Lipinski definition) is 2. The molecule has 3 aromatic rings. The Bertz CT molecular complexity index is 846. The monoisotopic (exact) mass is 324 g/mol. The molecule has 23 heavy (non-hydrogen) atoms. The molecule has 0 aliphatic rings. The van der Waals surface area contributed by atoms with Crippen LogP contribution in [0, 0.1) is 0 Å². The maximum Gasteiger partial charge on any atom is 0.337 e. The number of fused-ring (bicyclic) bond motifs is 1. The fraction of sp³-hybridized carbons (Fsp3) is 0.150. The zero-order valence-corrected chi connectivity index (χ0v) is 14.4. The van der Waals surface area contributed by atoms with E-state index in [2.05, 4.69) is 55.0 Å². The molecule has 3 heteroatoms. The Morgan fingerprint density at radius 3 is 2.22 bits per heavy atom. The van der Waals surface area contributed by atoms with Crippen LogP contribution in [-0.2, 0) is 4.74 Å². The average molecular weight is 324 g/mol. The molecule has 0 aliphatic carbocycles. The van der Waals surface area contributed by atoms with Crippen molar-refractivity contribution < 1.29 is 9.53 Å². The van der Waals surface area contributed by atoms with Gasteiger partial charge in [0.05, 0.1) is 12.7 Å². The molecular weight excluding hydrogens is 304 g/mol. The highest BCUT2D eigenvalue weighted by Crippen LogP contribution is 2.58. The van der Waals surface area contributed by atoms with E-state index in [1.165, 1.54) is 27.7 Å². The molecule has 0 saturated heterocycles. The van der Waals surface area contributed by atoms with Gasteiger partial charge in [-0.15, -0.1) is 0 Å². The van der Waals surface area contributed by atoms with Crippen molar-refractivity contribution in [3.8, 4) is 0 Å². The lowest BCUT2D eigenvalue weighted by Crippen LogP contribution is -2.03. The van der Waals surface area contributed by atoms with Crippen molar-refractivity contribution in [2.75, 3.05) is 19.6 Å². The molecule has 0 aliphatic heterocycles. The van der Waals surface area contributed by atoms with Crippen LogP contribution in [0.5, 0.6) is 0 Å². The maximum absolute atomic E-state index is 11.6. The van der Waals surface area contributed by atoms with E-state index >= 15 is 0 Å². The standard InChI is InChI=1S/C20H20O2S/c1-22-20(21)16-11-13-17(14-12-16)23(2,3)19-10-6-8-15-7-4-5-9-18(15)19/h4-14H,1-3H3. The average Bonchev–Trinajstić information content (AvgIpc) is 2.60. The molecule has 0 saturated carbocycles. The first-order valence-electron chi connectivity index (χ1n) is 7.43. The van der Waals surface area contributed by atoms with Crippen LogP contribution in [0.2, 0.25) is 0 Å². The predicted molar refractivity (Wildman–Crippen MR) is 97.7 cm³/mol. The number of carbonyl (C=O) groups is 1. The SMILES string of the molecule is COC(=O)c1ccc(S(C)(C)c2cccc3ccccc23)cc1. The quantitative estimate of drug-likeness (QED) is 0.626. The Morgan fingerprint density at radius 2 is 1.52 bits per heavy atom. The molecule has 0 N–H and O–H groups in total. The smallest absolute Gasteiger partial charge is 0.337 e. The third kappa shape index (κ3) is 2.84. The zero-order chi connectivity index (χ0) is 16.4. The molecule has 0 fully saturated rings. The second kappa shape index (κ2) is 6.09. The van der Waals surface area contributed by atoms with Gasteiger partial charge in [0, 0.05) is 4.90 Å². The van der Waals surface area contributed by atoms with Crippen LogP contribution in [-0.4, -0.2) is 25.6 Å². The highest BCUT2D eigenvalue weighted by molar-refractivity contribution is 8.32. The van der Waals surface area contributed by atoms with Crippen molar-refractivity contribution in [3.05, 3.63) is 72.3 Å². The van der Waals surface area contributed by atoms with Crippen LogP contribution in [0.3, 0.4) is 0 Å². The Labute approximate surface area is 138 Å². The molecule has 0 heterocycles. The van der Waals surface area contributed by atoms with Crippen LogP contribution in [0.15, 0.2) is 76.5 Å². The normalized spacial score (nSPS) is 12.1. The highest BCUT2D eigenvalue weighted by atomic mass is 32.3. The molecular formula is C20H20O2S. The van der Waals surface area contributed by atoms with Gasteiger partial charge in [0.1, 0.15) is 0 Å². The molecule has 0 radical (unpaired) electrons. The first-order chi connectivity index (χ1) is 11.0. The van der Waals surface area contributed by atoms with Crippen molar-refractivity contribution in [1.29, 1.82) is 0 Å². The number of ether oxygens (including phenoxy) is 1. The van der Waals surface area contributed by atoms with E-state index in [1.54, 1.807) is 0 Å². The van der Waals surface area contributed by atoms with Crippen molar-refractivity contribution in [1.82, 2.24) is 0 Å². The lowest BCUT2D eigenvalue weighted by Gasteiger charge is -2.33. The summed E-state index contributed by atoms with van der Waals surface area (Å²) in [7, 11) is 0.237. The Hall–Kier alpha value is -2.26. The number of benzene rings is 3. The van der Waals surface area contributed by atoms with Crippen LogP contribution in [0.1, 0.15) is 10.4 Å². The molecule has 118 valence electrons.